The molecule has 0 bridgehead atoms. The van der Waals surface area contributed by atoms with Crippen LogP contribution in [-0.4, -0.2) is 34.7 Å². The molecule has 0 saturated heterocycles. The molecular formula is C18H18O5S. The van der Waals surface area contributed by atoms with Crippen LogP contribution in [0.3, 0.4) is 0 Å². The number of ketones is 1. The van der Waals surface area contributed by atoms with Crippen molar-refractivity contribution in [3.8, 4) is 11.5 Å². The molecule has 0 aromatic heterocycles. The summed E-state index contributed by atoms with van der Waals surface area (Å²) in [5.41, 5.74) is 1.11. The largest absolute Gasteiger partial charge is 0.496 e. The monoisotopic (exact) mass is 346 g/mol. The Morgan fingerprint density at radius 2 is 1.67 bits per heavy atom. The molecule has 0 unspecified atom stereocenters. The van der Waals surface area contributed by atoms with Gasteiger partial charge in [-0.3, -0.25) is 4.79 Å². The summed E-state index contributed by atoms with van der Waals surface area (Å²) in [5, 5.41) is 0. The molecule has 0 spiro atoms. The van der Waals surface area contributed by atoms with Crippen LogP contribution in [0.4, 0.5) is 0 Å². The van der Waals surface area contributed by atoms with Gasteiger partial charge in [0.2, 0.25) is 0 Å². The van der Waals surface area contributed by atoms with Gasteiger partial charge in [-0.2, -0.15) is 0 Å². The van der Waals surface area contributed by atoms with Crippen molar-refractivity contribution in [2.45, 2.75) is 4.90 Å². The minimum Gasteiger partial charge on any atom is -0.496 e. The van der Waals surface area contributed by atoms with Gasteiger partial charge in [0.1, 0.15) is 16.4 Å². The third kappa shape index (κ3) is 4.02. The minimum absolute atomic E-state index is 0.0512. The highest BCUT2D eigenvalue weighted by atomic mass is 32.2. The van der Waals surface area contributed by atoms with Gasteiger partial charge in [-0.25, -0.2) is 8.42 Å². The molecule has 2 aromatic rings. The summed E-state index contributed by atoms with van der Waals surface area (Å²) < 4.78 is 33.7. The number of sulfone groups is 1. The van der Waals surface area contributed by atoms with Crippen LogP contribution in [-0.2, 0) is 9.84 Å². The molecule has 0 aliphatic carbocycles. The predicted molar refractivity (Wildman–Crippen MR) is 92.5 cm³/mol. The molecule has 0 aliphatic rings. The van der Waals surface area contributed by atoms with Crippen LogP contribution in [0.5, 0.6) is 11.5 Å². The van der Waals surface area contributed by atoms with Crippen LogP contribution in [0.15, 0.2) is 53.4 Å². The van der Waals surface area contributed by atoms with Crippen LogP contribution in [0, 0.1) is 0 Å². The number of hydrogen-bond acceptors (Lipinski definition) is 5. The number of hydrogen-bond donors (Lipinski definition) is 0. The molecule has 0 heterocycles. The van der Waals surface area contributed by atoms with Crippen molar-refractivity contribution in [1.29, 1.82) is 0 Å². The van der Waals surface area contributed by atoms with E-state index in [1.165, 1.54) is 31.4 Å². The van der Waals surface area contributed by atoms with Gasteiger partial charge >= 0.3 is 0 Å². The first-order chi connectivity index (χ1) is 11.4. The molecule has 126 valence electrons. The third-order valence-electron chi connectivity index (χ3n) is 3.40. The molecule has 0 N–H and O–H groups in total. The second-order valence-corrected chi connectivity index (χ2v) is 7.06. The van der Waals surface area contributed by atoms with Crippen molar-refractivity contribution < 1.29 is 22.7 Å². The molecule has 0 aliphatic heterocycles. The number of para-hydroxylation sites is 1. The number of ether oxygens (including phenoxy) is 2. The molecule has 0 amide bonds. The molecule has 6 heteroatoms. The highest BCUT2D eigenvalue weighted by Crippen LogP contribution is 2.25. The van der Waals surface area contributed by atoms with Gasteiger partial charge in [0.25, 0.3) is 0 Å². The average molecular weight is 346 g/mol. The summed E-state index contributed by atoms with van der Waals surface area (Å²) in [6, 6.07) is 11.6. The van der Waals surface area contributed by atoms with E-state index in [4.69, 9.17) is 9.47 Å². The van der Waals surface area contributed by atoms with Gasteiger partial charge in [-0.15, -0.1) is 0 Å². The zero-order valence-corrected chi connectivity index (χ0v) is 14.5. The summed E-state index contributed by atoms with van der Waals surface area (Å²) >= 11 is 0. The van der Waals surface area contributed by atoms with Crippen molar-refractivity contribution in [3.63, 3.8) is 0 Å². The van der Waals surface area contributed by atoms with E-state index in [0.29, 0.717) is 11.3 Å². The fourth-order valence-corrected chi connectivity index (χ4v) is 3.02. The van der Waals surface area contributed by atoms with Crippen molar-refractivity contribution in [2.75, 3.05) is 20.5 Å². The summed E-state index contributed by atoms with van der Waals surface area (Å²) in [7, 11) is -0.500. The fourth-order valence-electron chi connectivity index (χ4n) is 2.19. The van der Waals surface area contributed by atoms with E-state index >= 15 is 0 Å². The molecule has 0 atom stereocenters. The SMILES string of the molecule is COc1ccccc1C=CC(=O)c1ccc(S(C)(=O)=O)c(OC)c1. The van der Waals surface area contributed by atoms with E-state index in [1.807, 2.05) is 18.2 Å². The van der Waals surface area contributed by atoms with Crippen molar-refractivity contribution in [1.82, 2.24) is 0 Å². The number of carbonyl (C=O) groups is 1. The zero-order valence-electron chi connectivity index (χ0n) is 13.6. The summed E-state index contributed by atoms with van der Waals surface area (Å²) in [4.78, 5) is 12.4. The maximum Gasteiger partial charge on any atom is 0.185 e. The average Bonchev–Trinajstić information content (AvgIpc) is 2.58. The van der Waals surface area contributed by atoms with Gasteiger partial charge in [0.15, 0.2) is 15.6 Å². The zero-order chi connectivity index (χ0) is 17.7. The van der Waals surface area contributed by atoms with Crippen molar-refractivity contribution >= 4 is 21.7 Å². The summed E-state index contributed by atoms with van der Waals surface area (Å²) in [6.07, 6.45) is 4.15. The Balaban J connectivity index is 2.32. The highest BCUT2D eigenvalue weighted by Gasteiger charge is 2.16. The van der Waals surface area contributed by atoms with Gasteiger partial charge in [0, 0.05) is 17.4 Å². The predicted octanol–water partition coefficient (Wildman–Crippen LogP) is 3.00. The first-order valence-corrected chi connectivity index (χ1v) is 8.99. The number of methoxy groups -OCH3 is 2. The first-order valence-electron chi connectivity index (χ1n) is 7.10. The standard InChI is InChI=1S/C18H18O5S/c1-22-16-7-5-4-6-13(16)8-10-15(19)14-9-11-18(24(3,20)21)17(12-14)23-2/h4-12H,1-3H3. The van der Waals surface area contributed by atoms with Crippen molar-refractivity contribution in [3.05, 3.63) is 59.7 Å². The molecule has 2 aromatic carbocycles. The Morgan fingerprint density at radius 1 is 1.00 bits per heavy atom. The number of benzene rings is 2. The highest BCUT2D eigenvalue weighted by molar-refractivity contribution is 7.90. The second-order valence-electron chi connectivity index (χ2n) is 5.08. The number of allylic oxidation sites excluding steroid dienone is 1. The molecular weight excluding hydrogens is 328 g/mol. The van der Waals surface area contributed by atoms with E-state index in [-0.39, 0.29) is 16.4 Å². The maximum atomic E-state index is 12.3. The third-order valence-corrected chi connectivity index (χ3v) is 4.54. The second kappa shape index (κ2) is 7.31. The molecule has 0 radical (unpaired) electrons. The van der Waals surface area contributed by atoms with E-state index < -0.39 is 9.84 Å². The lowest BCUT2D eigenvalue weighted by Gasteiger charge is -2.08. The van der Waals surface area contributed by atoms with Crippen LogP contribution < -0.4 is 9.47 Å². The van der Waals surface area contributed by atoms with Crippen LogP contribution in [0.1, 0.15) is 15.9 Å². The van der Waals surface area contributed by atoms with Crippen LogP contribution >= 0.6 is 0 Å². The minimum atomic E-state index is -3.42. The smallest absolute Gasteiger partial charge is 0.185 e. The Hall–Kier alpha value is -2.60. The van der Waals surface area contributed by atoms with Crippen LogP contribution in [0.25, 0.3) is 6.08 Å². The van der Waals surface area contributed by atoms with E-state index in [9.17, 15) is 13.2 Å². The van der Waals surface area contributed by atoms with Gasteiger partial charge in [-0.05, 0) is 36.4 Å². The Kier molecular flexibility index (Phi) is 5.41. The van der Waals surface area contributed by atoms with E-state index in [1.54, 1.807) is 19.3 Å². The molecule has 24 heavy (non-hydrogen) atoms. The van der Waals surface area contributed by atoms with Crippen LogP contribution in [0.2, 0.25) is 0 Å². The lowest BCUT2D eigenvalue weighted by Crippen LogP contribution is -2.03. The molecule has 0 saturated carbocycles. The van der Waals surface area contributed by atoms with Gasteiger partial charge in [0.05, 0.1) is 14.2 Å². The van der Waals surface area contributed by atoms with Gasteiger partial charge < -0.3 is 9.47 Å². The first kappa shape index (κ1) is 17.7. The number of rotatable bonds is 6. The van der Waals surface area contributed by atoms with Crippen molar-refractivity contribution in [2.24, 2.45) is 0 Å². The lowest BCUT2D eigenvalue weighted by molar-refractivity contribution is 0.104. The Morgan fingerprint density at radius 3 is 2.29 bits per heavy atom. The quantitative estimate of drug-likeness (QED) is 0.594. The fraction of sp³-hybridized carbons (Fsp3) is 0.167. The van der Waals surface area contributed by atoms with Gasteiger partial charge in [-0.1, -0.05) is 18.2 Å². The summed E-state index contributed by atoms with van der Waals surface area (Å²) in [6.45, 7) is 0. The molecule has 0 fully saturated rings. The topological polar surface area (TPSA) is 69.7 Å². The van der Waals surface area contributed by atoms with E-state index in [2.05, 4.69) is 0 Å². The molecule has 5 nitrogen and oxygen atoms in total. The number of carbonyl (C=O) groups excluding carboxylic acids is 1. The summed E-state index contributed by atoms with van der Waals surface area (Å²) in [5.74, 6) is 0.542. The normalized spacial score (nSPS) is 11.5. The Labute approximate surface area is 141 Å². The maximum absolute atomic E-state index is 12.3. The molecule has 2 rings (SSSR count). The Bertz CT molecular complexity index is 882. The van der Waals surface area contributed by atoms with E-state index in [0.717, 1.165) is 11.8 Å². The lowest BCUT2D eigenvalue weighted by atomic mass is 10.1.